The molecule has 0 unspecified atom stereocenters. The summed E-state index contributed by atoms with van der Waals surface area (Å²) >= 11 is 1.67. The molecule has 8 rings (SSSR count). The fourth-order valence-electron chi connectivity index (χ4n) is 10.2. The lowest BCUT2D eigenvalue weighted by Crippen LogP contribution is -2.36. The van der Waals surface area contributed by atoms with Crippen LogP contribution in [0.15, 0.2) is 144 Å². The predicted molar refractivity (Wildman–Crippen MR) is 236 cm³/mol. The number of fused-ring (bicyclic) bond motifs is 1. The van der Waals surface area contributed by atoms with E-state index in [2.05, 4.69) is 50.1 Å². The molecule has 60 heavy (non-hydrogen) atoms. The van der Waals surface area contributed by atoms with Crippen LogP contribution in [-0.2, 0) is 19.6 Å². The summed E-state index contributed by atoms with van der Waals surface area (Å²) in [5.74, 6) is 0.0497. The molecule has 4 aromatic rings. The minimum atomic E-state index is -0.630. The summed E-state index contributed by atoms with van der Waals surface area (Å²) in [7, 11) is 0. The quantitative estimate of drug-likeness (QED) is 0.0798. The van der Waals surface area contributed by atoms with Crippen molar-refractivity contribution in [1.82, 2.24) is 4.98 Å². The molecule has 4 fully saturated rings. The van der Waals surface area contributed by atoms with Gasteiger partial charge in [-0.25, -0.2) is 19.4 Å². The zero-order chi connectivity index (χ0) is 41.9. The van der Waals surface area contributed by atoms with E-state index >= 15 is 0 Å². The summed E-state index contributed by atoms with van der Waals surface area (Å²) in [4.78, 5) is 44.8. The highest BCUT2D eigenvalue weighted by atomic mass is 32.1. The summed E-state index contributed by atoms with van der Waals surface area (Å²) in [5, 5.41) is 3.14. The highest BCUT2D eigenvalue weighted by Gasteiger charge is 2.55. The Morgan fingerprint density at radius 1 is 0.817 bits per heavy atom. The lowest BCUT2D eigenvalue weighted by atomic mass is 9.61. The Hall–Kier alpha value is -5.34. The number of aromatic nitrogens is 1. The van der Waals surface area contributed by atoms with Crippen LogP contribution in [0.3, 0.4) is 0 Å². The average molecular weight is 822 g/mol. The topological polar surface area (TPSA) is 91.8 Å². The fraction of sp³-hybridized carbons (Fsp3) is 0.385. The first-order valence-corrected chi connectivity index (χ1v) is 22.4. The van der Waals surface area contributed by atoms with Gasteiger partial charge in [-0.2, -0.15) is 0 Å². The largest absolute Gasteiger partial charge is 0.458 e. The third-order valence-electron chi connectivity index (χ3n) is 13.7. The van der Waals surface area contributed by atoms with Crippen molar-refractivity contribution in [2.75, 3.05) is 0 Å². The molecule has 4 saturated carbocycles. The third kappa shape index (κ3) is 8.76. The minimum Gasteiger partial charge on any atom is -0.458 e. The van der Waals surface area contributed by atoms with Crippen molar-refractivity contribution in [3.05, 3.63) is 171 Å². The van der Waals surface area contributed by atoms with Gasteiger partial charge in [0.25, 0.3) is 0 Å². The number of allylic oxidation sites excluding steroid dienone is 4. The van der Waals surface area contributed by atoms with Gasteiger partial charge in [-0.15, -0.1) is 11.3 Å². The highest BCUT2D eigenvalue weighted by molar-refractivity contribution is 7.09. The number of thiazole rings is 1. The molecule has 1 heterocycles. The van der Waals surface area contributed by atoms with Crippen molar-refractivity contribution in [3.8, 4) is 0 Å². The molecular weight excluding hydrogens is 767 g/mol. The number of ether oxygens (including phenoxy) is 3. The van der Waals surface area contributed by atoms with E-state index in [9.17, 15) is 14.4 Å². The molecule has 3 aromatic carbocycles. The standard InChI is InChI=1S/C52H55NO6S/c1-34(22-27-46(59-49(56)40-19-12-7-13-20-40)52(29-30-52)50-53-35(2)33-60-50)43-25-26-44-37(21-14-28-51(43,44)4)23-24-41-31-42(57-47(54)38-15-8-5-9-16-38)32-45(36(41)3)58-48(55)39-17-10-6-11-18-39/h5-13,15-20,22-24,27,33-34,42-46H,3,14,21,25-26,28-32H2,1-2,4H3/t34-,42-,43-,44+,45+,46-,51-/m1/s1. The van der Waals surface area contributed by atoms with Crippen LogP contribution in [0, 0.1) is 30.1 Å². The van der Waals surface area contributed by atoms with E-state index in [0.29, 0.717) is 41.4 Å². The monoisotopic (exact) mass is 821 g/mol. The van der Waals surface area contributed by atoms with E-state index in [1.54, 1.807) is 35.6 Å². The molecule has 7 nitrogen and oxygen atoms in total. The van der Waals surface area contributed by atoms with Crippen LogP contribution < -0.4 is 0 Å². The van der Waals surface area contributed by atoms with Crippen LogP contribution in [0.4, 0.5) is 0 Å². The lowest BCUT2D eigenvalue weighted by Gasteiger charge is -2.44. The Morgan fingerprint density at radius 3 is 2.03 bits per heavy atom. The predicted octanol–water partition coefficient (Wildman–Crippen LogP) is 11.8. The molecule has 0 radical (unpaired) electrons. The smallest absolute Gasteiger partial charge is 0.338 e. The number of aryl methyl sites for hydroxylation is 1. The van der Waals surface area contributed by atoms with Gasteiger partial charge >= 0.3 is 17.9 Å². The molecule has 4 aliphatic rings. The molecule has 0 N–H and O–H groups in total. The van der Waals surface area contributed by atoms with E-state index in [0.717, 1.165) is 66.8 Å². The maximum atomic E-state index is 13.5. The molecule has 0 aliphatic heterocycles. The molecule has 1 aromatic heterocycles. The Kier molecular flexibility index (Phi) is 12.2. The van der Waals surface area contributed by atoms with Gasteiger partial charge in [-0.1, -0.05) is 98.8 Å². The number of hydrogen-bond donors (Lipinski definition) is 0. The number of rotatable bonds is 12. The van der Waals surface area contributed by atoms with Gasteiger partial charge in [0, 0.05) is 23.9 Å². The Morgan fingerprint density at radius 2 is 1.43 bits per heavy atom. The molecule has 0 saturated heterocycles. The molecule has 7 atom stereocenters. The summed E-state index contributed by atoms with van der Waals surface area (Å²) in [6.45, 7) is 11.3. The van der Waals surface area contributed by atoms with Crippen molar-refractivity contribution in [3.63, 3.8) is 0 Å². The number of carbonyl (C=O) groups excluding carboxylic acids is 3. The van der Waals surface area contributed by atoms with Crippen LogP contribution in [0.1, 0.15) is 113 Å². The summed E-state index contributed by atoms with van der Waals surface area (Å²) in [6.07, 6.45) is 15.7. The fourth-order valence-corrected chi connectivity index (χ4v) is 11.3. The van der Waals surface area contributed by atoms with Gasteiger partial charge in [0.15, 0.2) is 0 Å². The Bertz CT molecular complexity index is 2290. The van der Waals surface area contributed by atoms with E-state index < -0.39 is 30.3 Å². The first-order valence-electron chi connectivity index (χ1n) is 21.5. The molecule has 0 bridgehead atoms. The highest BCUT2D eigenvalue weighted by Crippen LogP contribution is 2.60. The molecule has 0 spiro atoms. The number of benzene rings is 3. The number of hydrogen-bond acceptors (Lipinski definition) is 8. The van der Waals surface area contributed by atoms with Gasteiger partial charge in [0.1, 0.15) is 23.3 Å². The first-order chi connectivity index (χ1) is 29.0. The zero-order valence-corrected chi connectivity index (χ0v) is 35.7. The molecule has 8 heteroatoms. The second-order valence-corrected chi connectivity index (χ2v) is 18.4. The summed E-state index contributed by atoms with van der Waals surface area (Å²) in [5.41, 5.74) is 5.45. The Balaban J connectivity index is 1.01. The lowest BCUT2D eigenvalue weighted by molar-refractivity contribution is 0.00212. The molecule has 0 amide bonds. The minimum absolute atomic E-state index is 0.108. The molecular formula is C52H55NO6S. The summed E-state index contributed by atoms with van der Waals surface area (Å²) in [6, 6.07) is 27.2. The van der Waals surface area contributed by atoms with Crippen molar-refractivity contribution in [1.29, 1.82) is 0 Å². The Labute approximate surface area is 358 Å². The van der Waals surface area contributed by atoms with Gasteiger partial charge in [-0.3, -0.25) is 0 Å². The van der Waals surface area contributed by atoms with E-state index in [1.165, 1.54) is 5.57 Å². The van der Waals surface area contributed by atoms with Crippen LogP contribution in [0.2, 0.25) is 0 Å². The second kappa shape index (κ2) is 17.7. The van der Waals surface area contributed by atoms with Gasteiger partial charge in [-0.05, 0) is 129 Å². The zero-order valence-electron chi connectivity index (χ0n) is 34.9. The van der Waals surface area contributed by atoms with Crippen molar-refractivity contribution >= 4 is 29.2 Å². The van der Waals surface area contributed by atoms with Crippen LogP contribution >= 0.6 is 11.3 Å². The number of esters is 3. The average Bonchev–Trinajstić information content (AvgIpc) is 3.82. The van der Waals surface area contributed by atoms with Crippen LogP contribution in [-0.4, -0.2) is 41.2 Å². The number of carbonyl (C=O) groups is 3. The van der Waals surface area contributed by atoms with Crippen molar-refractivity contribution in [2.45, 2.75) is 102 Å². The van der Waals surface area contributed by atoms with E-state index in [4.69, 9.17) is 19.2 Å². The van der Waals surface area contributed by atoms with Crippen LogP contribution in [0.5, 0.6) is 0 Å². The maximum absolute atomic E-state index is 13.5. The van der Waals surface area contributed by atoms with E-state index in [-0.39, 0.29) is 22.7 Å². The van der Waals surface area contributed by atoms with Gasteiger partial charge < -0.3 is 14.2 Å². The third-order valence-corrected chi connectivity index (χ3v) is 14.8. The summed E-state index contributed by atoms with van der Waals surface area (Å²) < 4.78 is 18.5. The normalized spacial score (nSPS) is 26.9. The molecule has 4 aliphatic carbocycles. The van der Waals surface area contributed by atoms with Crippen molar-refractivity contribution < 1.29 is 28.6 Å². The van der Waals surface area contributed by atoms with E-state index in [1.807, 2.05) is 73.7 Å². The molecule has 310 valence electrons. The second-order valence-electron chi connectivity index (χ2n) is 17.5. The SMILES string of the molecule is C=C1C(=CC=C2CCC[C@]3(C)[C@@H]([C@H](C)C=C[C@@H](OC(=O)c4ccccc4)C4(c5nc(C)cs5)CC4)CC[C@@H]23)C[C@@H](OC(=O)c2ccccc2)C[C@@H]1OC(=O)c1ccccc1. The maximum Gasteiger partial charge on any atom is 0.338 e. The van der Waals surface area contributed by atoms with Gasteiger partial charge in [0.2, 0.25) is 0 Å². The first kappa shape index (κ1) is 41.4. The van der Waals surface area contributed by atoms with Crippen molar-refractivity contribution in [2.24, 2.45) is 23.2 Å². The van der Waals surface area contributed by atoms with Crippen LogP contribution in [0.25, 0.3) is 0 Å². The number of nitrogens with zero attached hydrogens (tertiary/aromatic N) is 1. The van der Waals surface area contributed by atoms with Gasteiger partial charge in [0.05, 0.1) is 22.1 Å².